The largest absolute Gasteiger partial charge is 0.220 e. The van der Waals surface area contributed by atoms with Gasteiger partial charge in [0.25, 0.3) is 0 Å². The van der Waals surface area contributed by atoms with E-state index in [1.54, 1.807) is 10.9 Å². The molecule has 0 radical (unpaired) electrons. The van der Waals surface area contributed by atoms with E-state index in [1.807, 2.05) is 19.1 Å². The number of nitrogens with zero attached hydrogens (tertiary/aromatic N) is 5. The van der Waals surface area contributed by atoms with Gasteiger partial charge in [0.15, 0.2) is 5.82 Å². The maximum absolute atomic E-state index is 3.99. The lowest BCUT2D eigenvalue weighted by Crippen LogP contribution is -2.02. The van der Waals surface area contributed by atoms with Crippen LogP contribution in [0.25, 0.3) is 5.82 Å². The van der Waals surface area contributed by atoms with Crippen LogP contribution in [0.15, 0.2) is 24.7 Å². The molecule has 2 heterocycles. The van der Waals surface area contributed by atoms with Crippen molar-refractivity contribution in [2.75, 3.05) is 0 Å². The maximum Gasteiger partial charge on any atom is 0.177 e. The molecule has 0 aliphatic rings. The molecule has 0 amide bonds. The zero-order valence-corrected chi connectivity index (χ0v) is 6.55. The SMILES string of the molecule is Cc1ncnn1-c1cccnn1. The summed E-state index contributed by atoms with van der Waals surface area (Å²) >= 11 is 0. The average Bonchev–Trinajstić information content (AvgIpc) is 2.53. The first-order valence-corrected chi connectivity index (χ1v) is 3.52. The molecule has 0 saturated carbocycles. The molecule has 0 unspecified atom stereocenters. The Kier molecular flexibility index (Phi) is 1.55. The highest BCUT2D eigenvalue weighted by Crippen LogP contribution is 2.00. The molecule has 5 nitrogen and oxygen atoms in total. The third-order valence-corrected chi connectivity index (χ3v) is 1.49. The van der Waals surface area contributed by atoms with Gasteiger partial charge in [-0.1, -0.05) is 0 Å². The first-order valence-electron chi connectivity index (χ1n) is 3.52. The maximum atomic E-state index is 3.99. The molecule has 0 saturated heterocycles. The zero-order chi connectivity index (χ0) is 8.39. The fourth-order valence-corrected chi connectivity index (χ4v) is 0.931. The Morgan fingerprint density at radius 2 is 2.33 bits per heavy atom. The molecule has 2 aromatic heterocycles. The number of hydrogen-bond acceptors (Lipinski definition) is 4. The Bertz CT molecular complexity index is 366. The highest BCUT2D eigenvalue weighted by Gasteiger charge is 2.01. The summed E-state index contributed by atoms with van der Waals surface area (Å²) in [7, 11) is 0. The summed E-state index contributed by atoms with van der Waals surface area (Å²) in [5, 5.41) is 11.6. The number of aromatic nitrogens is 5. The normalized spacial score (nSPS) is 10.1. The summed E-state index contributed by atoms with van der Waals surface area (Å²) in [6.45, 7) is 1.86. The zero-order valence-electron chi connectivity index (χ0n) is 6.55. The van der Waals surface area contributed by atoms with Crippen molar-refractivity contribution in [1.29, 1.82) is 0 Å². The summed E-state index contributed by atoms with van der Waals surface area (Å²) in [6, 6.07) is 3.64. The van der Waals surface area contributed by atoms with E-state index in [4.69, 9.17) is 0 Å². The van der Waals surface area contributed by atoms with Crippen LogP contribution in [0.5, 0.6) is 0 Å². The van der Waals surface area contributed by atoms with Crippen LogP contribution < -0.4 is 0 Å². The van der Waals surface area contributed by atoms with Crippen LogP contribution in [-0.4, -0.2) is 25.0 Å². The Labute approximate surface area is 69.1 Å². The van der Waals surface area contributed by atoms with E-state index in [9.17, 15) is 0 Å². The van der Waals surface area contributed by atoms with Crippen LogP contribution in [0.3, 0.4) is 0 Å². The summed E-state index contributed by atoms with van der Waals surface area (Å²) in [6.07, 6.45) is 3.11. The highest BCUT2D eigenvalue weighted by molar-refractivity contribution is 5.18. The molecule has 5 heteroatoms. The molecule has 0 bridgehead atoms. The lowest BCUT2D eigenvalue weighted by Gasteiger charge is -1.97. The van der Waals surface area contributed by atoms with Gasteiger partial charge < -0.3 is 0 Å². The predicted octanol–water partition coefficient (Wildman–Crippen LogP) is 0.366. The van der Waals surface area contributed by atoms with E-state index in [2.05, 4.69) is 20.3 Å². The number of hydrogen-bond donors (Lipinski definition) is 0. The second-order valence-electron chi connectivity index (χ2n) is 2.30. The van der Waals surface area contributed by atoms with Crippen LogP contribution in [0.2, 0.25) is 0 Å². The third kappa shape index (κ3) is 1.05. The van der Waals surface area contributed by atoms with Crippen molar-refractivity contribution in [3.8, 4) is 5.82 Å². The minimum atomic E-state index is 0.688. The van der Waals surface area contributed by atoms with Crippen molar-refractivity contribution in [1.82, 2.24) is 25.0 Å². The minimum absolute atomic E-state index is 0.688. The Morgan fingerprint density at radius 1 is 1.42 bits per heavy atom. The predicted molar refractivity (Wildman–Crippen MR) is 41.7 cm³/mol. The van der Waals surface area contributed by atoms with E-state index < -0.39 is 0 Å². The fourth-order valence-electron chi connectivity index (χ4n) is 0.931. The second kappa shape index (κ2) is 2.69. The highest BCUT2D eigenvalue weighted by atomic mass is 15.4. The molecule has 0 aliphatic heterocycles. The van der Waals surface area contributed by atoms with Crippen LogP contribution >= 0.6 is 0 Å². The minimum Gasteiger partial charge on any atom is -0.220 e. The lowest BCUT2D eigenvalue weighted by atomic mass is 10.5. The molecule has 0 atom stereocenters. The molecule has 2 aromatic rings. The van der Waals surface area contributed by atoms with Crippen LogP contribution in [0, 0.1) is 6.92 Å². The summed E-state index contributed by atoms with van der Waals surface area (Å²) in [5.41, 5.74) is 0. The summed E-state index contributed by atoms with van der Waals surface area (Å²) in [5.74, 6) is 1.49. The topological polar surface area (TPSA) is 56.5 Å². The Hall–Kier alpha value is -1.78. The summed E-state index contributed by atoms with van der Waals surface area (Å²) in [4.78, 5) is 3.98. The first-order chi connectivity index (χ1) is 5.88. The van der Waals surface area contributed by atoms with Crippen LogP contribution in [0.4, 0.5) is 0 Å². The third-order valence-electron chi connectivity index (χ3n) is 1.49. The molecule has 0 aromatic carbocycles. The second-order valence-corrected chi connectivity index (χ2v) is 2.30. The van der Waals surface area contributed by atoms with Crippen molar-refractivity contribution in [3.63, 3.8) is 0 Å². The van der Waals surface area contributed by atoms with Gasteiger partial charge in [0, 0.05) is 6.20 Å². The molecule has 0 N–H and O–H groups in total. The van der Waals surface area contributed by atoms with E-state index in [-0.39, 0.29) is 0 Å². The van der Waals surface area contributed by atoms with Crippen molar-refractivity contribution in [2.45, 2.75) is 6.92 Å². The van der Waals surface area contributed by atoms with Gasteiger partial charge >= 0.3 is 0 Å². The number of rotatable bonds is 1. The van der Waals surface area contributed by atoms with Crippen molar-refractivity contribution in [3.05, 3.63) is 30.5 Å². The smallest absolute Gasteiger partial charge is 0.177 e. The monoisotopic (exact) mass is 161 g/mol. The molecule has 0 aliphatic carbocycles. The first kappa shape index (κ1) is 6.90. The quantitative estimate of drug-likeness (QED) is 0.606. The van der Waals surface area contributed by atoms with Crippen LogP contribution in [-0.2, 0) is 0 Å². The van der Waals surface area contributed by atoms with Gasteiger partial charge in [-0.2, -0.15) is 14.9 Å². The van der Waals surface area contributed by atoms with Crippen molar-refractivity contribution in [2.24, 2.45) is 0 Å². The molecular weight excluding hydrogens is 154 g/mol. The lowest BCUT2D eigenvalue weighted by molar-refractivity contribution is 0.785. The van der Waals surface area contributed by atoms with Gasteiger partial charge in [0.2, 0.25) is 0 Å². The van der Waals surface area contributed by atoms with Gasteiger partial charge in [-0.25, -0.2) is 4.98 Å². The average molecular weight is 161 g/mol. The molecule has 12 heavy (non-hydrogen) atoms. The van der Waals surface area contributed by atoms with Crippen molar-refractivity contribution < 1.29 is 0 Å². The standard InChI is InChI=1S/C7H7N5/c1-6-8-5-10-12(6)7-3-2-4-9-11-7/h2-5H,1H3. The molecule has 60 valence electrons. The van der Waals surface area contributed by atoms with Gasteiger partial charge in [0.1, 0.15) is 12.2 Å². The van der Waals surface area contributed by atoms with Gasteiger partial charge in [-0.05, 0) is 19.1 Å². The van der Waals surface area contributed by atoms with Crippen LogP contribution in [0.1, 0.15) is 5.82 Å². The van der Waals surface area contributed by atoms with Gasteiger partial charge in [-0.3, -0.25) is 0 Å². The Balaban J connectivity index is 2.51. The molecule has 0 fully saturated rings. The fraction of sp³-hybridized carbons (Fsp3) is 0.143. The van der Waals surface area contributed by atoms with Gasteiger partial charge in [0.05, 0.1) is 0 Å². The molecule has 2 rings (SSSR count). The number of aryl methyl sites for hydroxylation is 1. The molecule has 0 spiro atoms. The van der Waals surface area contributed by atoms with E-state index in [1.165, 1.54) is 6.33 Å². The van der Waals surface area contributed by atoms with Gasteiger partial charge in [-0.15, -0.1) is 5.10 Å². The molecular formula is C7H7N5. The van der Waals surface area contributed by atoms with E-state index in [0.29, 0.717) is 5.82 Å². The van der Waals surface area contributed by atoms with E-state index in [0.717, 1.165) is 5.82 Å². The summed E-state index contributed by atoms with van der Waals surface area (Å²) < 4.78 is 1.63. The Morgan fingerprint density at radius 3 is 2.92 bits per heavy atom. The van der Waals surface area contributed by atoms with Crippen molar-refractivity contribution >= 4 is 0 Å². The van der Waals surface area contributed by atoms with E-state index >= 15 is 0 Å².